The fourth-order valence-corrected chi connectivity index (χ4v) is 4.24. The predicted molar refractivity (Wildman–Crippen MR) is 81.7 cm³/mol. The van der Waals surface area contributed by atoms with E-state index < -0.39 is 15.6 Å². The summed E-state index contributed by atoms with van der Waals surface area (Å²) in [5, 5.41) is 11.9. The van der Waals surface area contributed by atoms with Gasteiger partial charge in [0.15, 0.2) is 5.84 Å². The van der Waals surface area contributed by atoms with Crippen molar-refractivity contribution in [1.29, 1.82) is 0 Å². The average Bonchev–Trinajstić information content (AvgIpc) is 2.94. The van der Waals surface area contributed by atoms with Crippen LogP contribution in [0.2, 0.25) is 0 Å². The van der Waals surface area contributed by atoms with Crippen LogP contribution in [0, 0.1) is 0 Å². The van der Waals surface area contributed by atoms with Gasteiger partial charge in [-0.2, -0.15) is 0 Å². The Labute approximate surface area is 125 Å². The number of aryl methyl sites for hydroxylation is 1. The molecule has 0 aromatic heterocycles. The van der Waals surface area contributed by atoms with E-state index >= 15 is 0 Å². The zero-order chi connectivity index (χ0) is 15.3. The normalized spacial score (nSPS) is 18.8. The number of sulfonamides is 1. The Morgan fingerprint density at radius 3 is 2.48 bits per heavy atom. The number of nitrogens with two attached hydrogens (primary N) is 1. The summed E-state index contributed by atoms with van der Waals surface area (Å²) < 4.78 is 27.2. The van der Waals surface area contributed by atoms with E-state index in [0.717, 1.165) is 18.4 Å². The van der Waals surface area contributed by atoms with Gasteiger partial charge in [0.1, 0.15) is 0 Å². The van der Waals surface area contributed by atoms with Gasteiger partial charge in [0.2, 0.25) is 10.0 Å². The highest BCUT2D eigenvalue weighted by atomic mass is 32.2. The molecule has 1 aromatic rings. The highest BCUT2D eigenvalue weighted by Gasteiger charge is 2.41. The molecular formula is C14H21N3O3S. The summed E-state index contributed by atoms with van der Waals surface area (Å²) in [7, 11) is -3.50. The molecule has 1 fully saturated rings. The molecule has 1 saturated carbocycles. The van der Waals surface area contributed by atoms with E-state index in [0.29, 0.717) is 19.3 Å². The Kier molecular flexibility index (Phi) is 4.84. The van der Waals surface area contributed by atoms with E-state index in [2.05, 4.69) is 9.88 Å². The van der Waals surface area contributed by atoms with Crippen LogP contribution in [0.5, 0.6) is 0 Å². The Morgan fingerprint density at radius 1 is 1.29 bits per heavy atom. The third kappa shape index (κ3) is 3.95. The summed E-state index contributed by atoms with van der Waals surface area (Å²) in [5.74, 6) is -0.0689. The quantitative estimate of drug-likeness (QED) is 0.318. The topological polar surface area (TPSA) is 105 Å². The van der Waals surface area contributed by atoms with Crippen LogP contribution in [0.4, 0.5) is 0 Å². The van der Waals surface area contributed by atoms with Crippen LogP contribution in [0.25, 0.3) is 0 Å². The number of hydrogen-bond acceptors (Lipinski definition) is 4. The third-order valence-electron chi connectivity index (χ3n) is 3.91. The number of nitrogens with zero attached hydrogens (tertiary/aromatic N) is 1. The summed E-state index contributed by atoms with van der Waals surface area (Å²) >= 11 is 0. The highest BCUT2D eigenvalue weighted by Crippen LogP contribution is 2.30. The maximum absolute atomic E-state index is 12.3. The second kappa shape index (κ2) is 6.44. The number of nitrogens with one attached hydrogen (secondary N) is 1. The minimum atomic E-state index is -3.50. The van der Waals surface area contributed by atoms with Gasteiger partial charge in [0.25, 0.3) is 0 Å². The van der Waals surface area contributed by atoms with Crippen molar-refractivity contribution in [2.45, 2.75) is 37.6 Å². The molecule has 0 unspecified atom stereocenters. The summed E-state index contributed by atoms with van der Waals surface area (Å²) in [5.41, 5.74) is 5.74. The van der Waals surface area contributed by atoms with Crippen molar-refractivity contribution in [2.75, 3.05) is 5.75 Å². The van der Waals surface area contributed by atoms with Gasteiger partial charge >= 0.3 is 0 Å². The minimum absolute atomic E-state index is 0.0164. The van der Waals surface area contributed by atoms with Crippen LogP contribution in [-0.4, -0.2) is 30.8 Å². The predicted octanol–water partition coefficient (Wildman–Crippen LogP) is 1.21. The lowest BCUT2D eigenvalue weighted by atomic mass is 9.98. The van der Waals surface area contributed by atoms with Crippen LogP contribution in [-0.2, 0) is 16.4 Å². The lowest BCUT2D eigenvalue weighted by Gasteiger charge is -2.28. The van der Waals surface area contributed by atoms with E-state index in [-0.39, 0.29) is 11.6 Å². The fraction of sp³-hybridized carbons (Fsp3) is 0.500. The van der Waals surface area contributed by atoms with Crippen molar-refractivity contribution >= 4 is 15.9 Å². The first kappa shape index (κ1) is 15.8. The molecule has 116 valence electrons. The van der Waals surface area contributed by atoms with Crippen LogP contribution >= 0.6 is 0 Å². The zero-order valence-corrected chi connectivity index (χ0v) is 12.6. The van der Waals surface area contributed by atoms with Crippen LogP contribution in [0.1, 0.15) is 31.2 Å². The van der Waals surface area contributed by atoms with Gasteiger partial charge in [-0.05, 0) is 24.8 Å². The van der Waals surface area contributed by atoms with Crippen molar-refractivity contribution < 1.29 is 13.6 Å². The van der Waals surface area contributed by atoms with Crippen molar-refractivity contribution in [2.24, 2.45) is 10.9 Å². The second-order valence-electron chi connectivity index (χ2n) is 5.43. The van der Waals surface area contributed by atoms with E-state index in [1.165, 1.54) is 0 Å². The van der Waals surface area contributed by atoms with Gasteiger partial charge < -0.3 is 10.9 Å². The monoisotopic (exact) mass is 311 g/mol. The first-order valence-electron chi connectivity index (χ1n) is 7.01. The zero-order valence-electron chi connectivity index (χ0n) is 11.8. The van der Waals surface area contributed by atoms with Gasteiger partial charge in [-0.25, -0.2) is 13.1 Å². The molecule has 0 heterocycles. The number of amidine groups is 1. The molecule has 0 atom stereocenters. The number of oxime groups is 1. The van der Waals surface area contributed by atoms with Gasteiger partial charge in [-0.15, -0.1) is 0 Å². The van der Waals surface area contributed by atoms with E-state index in [4.69, 9.17) is 10.9 Å². The van der Waals surface area contributed by atoms with E-state index in [9.17, 15) is 8.42 Å². The summed E-state index contributed by atoms with van der Waals surface area (Å²) in [6.45, 7) is 0. The standard InChI is InChI=1S/C14H21N3O3S/c15-13(16-18)14(9-4-5-10-14)17-21(19,20)11-8-12-6-2-1-3-7-12/h1-3,6-7,17-18H,4-5,8-11H2,(H2,15,16). The molecule has 1 aromatic carbocycles. The molecule has 1 aliphatic carbocycles. The molecule has 21 heavy (non-hydrogen) atoms. The molecule has 4 N–H and O–H groups in total. The van der Waals surface area contributed by atoms with Gasteiger partial charge in [0.05, 0.1) is 11.3 Å². The summed E-state index contributed by atoms with van der Waals surface area (Å²) in [6, 6.07) is 9.44. The van der Waals surface area contributed by atoms with Crippen LogP contribution in [0.15, 0.2) is 35.5 Å². The van der Waals surface area contributed by atoms with Crippen molar-refractivity contribution in [3.63, 3.8) is 0 Å². The van der Waals surface area contributed by atoms with Crippen molar-refractivity contribution in [3.8, 4) is 0 Å². The molecule has 0 spiro atoms. The van der Waals surface area contributed by atoms with E-state index in [1.54, 1.807) is 0 Å². The molecule has 7 heteroatoms. The van der Waals surface area contributed by atoms with Crippen molar-refractivity contribution in [1.82, 2.24) is 4.72 Å². The van der Waals surface area contributed by atoms with Gasteiger partial charge in [-0.3, -0.25) is 0 Å². The lowest BCUT2D eigenvalue weighted by Crippen LogP contribution is -2.56. The Morgan fingerprint density at radius 2 is 1.90 bits per heavy atom. The Bertz CT molecular complexity index is 593. The minimum Gasteiger partial charge on any atom is -0.409 e. The van der Waals surface area contributed by atoms with Gasteiger partial charge in [-0.1, -0.05) is 48.3 Å². The lowest BCUT2D eigenvalue weighted by molar-refractivity contribution is 0.309. The molecule has 0 aliphatic heterocycles. The van der Waals surface area contributed by atoms with Crippen LogP contribution in [0.3, 0.4) is 0 Å². The Hall–Kier alpha value is -1.60. The second-order valence-corrected chi connectivity index (χ2v) is 7.27. The molecule has 0 saturated heterocycles. The Balaban J connectivity index is 2.06. The highest BCUT2D eigenvalue weighted by molar-refractivity contribution is 7.89. The number of rotatable bonds is 6. The van der Waals surface area contributed by atoms with Crippen LogP contribution < -0.4 is 10.5 Å². The smallest absolute Gasteiger partial charge is 0.212 e. The largest absolute Gasteiger partial charge is 0.409 e. The van der Waals surface area contributed by atoms with Crippen molar-refractivity contribution in [3.05, 3.63) is 35.9 Å². The SMILES string of the molecule is N/C(=N/O)C1(NS(=O)(=O)CCc2ccccc2)CCCC1. The fourth-order valence-electron chi connectivity index (χ4n) is 2.73. The average molecular weight is 311 g/mol. The molecule has 6 nitrogen and oxygen atoms in total. The molecular weight excluding hydrogens is 290 g/mol. The number of hydrogen-bond donors (Lipinski definition) is 3. The third-order valence-corrected chi connectivity index (χ3v) is 5.35. The maximum Gasteiger partial charge on any atom is 0.212 e. The summed E-state index contributed by atoms with van der Waals surface area (Å²) in [6.07, 6.45) is 3.28. The molecule has 0 radical (unpaired) electrons. The molecule has 2 rings (SSSR count). The maximum atomic E-state index is 12.3. The molecule has 0 bridgehead atoms. The molecule has 0 amide bonds. The first-order valence-corrected chi connectivity index (χ1v) is 8.66. The summed E-state index contributed by atoms with van der Waals surface area (Å²) in [4.78, 5) is 0. The van der Waals surface area contributed by atoms with E-state index in [1.807, 2.05) is 30.3 Å². The first-order chi connectivity index (χ1) is 9.97. The number of benzene rings is 1. The molecule has 1 aliphatic rings. The van der Waals surface area contributed by atoms with Gasteiger partial charge in [0, 0.05) is 0 Å².